The molecule has 0 aliphatic carbocycles. The van der Waals surface area contributed by atoms with Crippen LogP contribution >= 0.6 is 0 Å². The topological polar surface area (TPSA) is 106 Å². The minimum Gasteiger partial charge on any atom is -0.376 e. The quantitative estimate of drug-likeness (QED) is 0.122. The average Bonchev–Trinajstić information content (AvgIpc) is 3.44. The molecule has 0 fully saturated rings. The summed E-state index contributed by atoms with van der Waals surface area (Å²) in [5, 5.41) is 2.82. The zero-order chi connectivity index (χ0) is 31.9. The number of amides is 1. The van der Waals surface area contributed by atoms with Gasteiger partial charge in [-0.15, -0.1) is 0 Å². The summed E-state index contributed by atoms with van der Waals surface area (Å²) in [5.41, 5.74) is 9.04. The number of benzene rings is 3. The van der Waals surface area contributed by atoms with Gasteiger partial charge < -0.3 is 20.8 Å². The van der Waals surface area contributed by atoms with Gasteiger partial charge >= 0.3 is 0 Å². The third-order valence-corrected chi connectivity index (χ3v) is 7.72. The van der Waals surface area contributed by atoms with E-state index in [0.717, 1.165) is 29.5 Å². The number of nitrogens with one attached hydrogen (secondary N) is 2. The number of ether oxygens (including phenoxy) is 1. The molecule has 5 aromatic rings. The highest BCUT2D eigenvalue weighted by molar-refractivity contribution is 5.92. The van der Waals surface area contributed by atoms with Gasteiger partial charge in [0.25, 0.3) is 0 Å². The van der Waals surface area contributed by atoms with Crippen molar-refractivity contribution in [1.29, 1.82) is 0 Å². The second-order valence-corrected chi connectivity index (χ2v) is 10.8. The van der Waals surface area contributed by atoms with E-state index in [1.165, 1.54) is 18.3 Å². The van der Waals surface area contributed by atoms with E-state index in [4.69, 9.17) is 10.5 Å². The van der Waals surface area contributed by atoms with Crippen LogP contribution in [0.4, 0.5) is 23.2 Å². The van der Waals surface area contributed by atoms with E-state index in [1.807, 2.05) is 37.3 Å². The van der Waals surface area contributed by atoms with Gasteiger partial charge in [0.1, 0.15) is 17.5 Å². The van der Waals surface area contributed by atoms with Crippen LogP contribution in [0.2, 0.25) is 0 Å². The van der Waals surface area contributed by atoms with Gasteiger partial charge in [-0.1, -0.05) is 49.4 Å². The molecule has 2 heterocycles. The molecule has 0 radical (unpaired) electrons. The lowest BCUT2D eigenvalue weighted by molar-refractivity contribution is -0.116. The molecule has 0 aliphatic rings. The molecule has 3 atom stereocenters. The van der Waals surface area contributed by atoms with Crippen LogP contribution in [0.1, 0.15) is 60.7 Å². The zero-order valence-electron chi connectivity index (χ0n) is 24.6. The normalized spacial score (nSPS) is 13.5. The van der Waals surface area contributed by atoms with Gasteiger partial charge in [0.05, 0.1) is 47.9 Å². The lowest BCUT2D eigenvalue weighted by Crippen LogP contribution is -2.24. The lowest BCUT2D eigenvalue weighted by Gasteiger charge is -2.20. The first-order valence-electron chi connectivity index (χ1n) is 14.7. The van der Waals surface area contributed by atoms with Crippen molar-refractivity contribution in [3.63, 3.8) is 0 Å². The molecule has 0 aliphatic heterocycles. The second-order valence-electron chi connectivity index (χ2n) is 10.8. The minimum atomic E-state index is -1.00. The fraction of sp³-hybridized carbons (Fsp3) is 0.265. The highest BCUT2D eigenvalue weighted by Crippen LogP contribution is 2.30. The second kappa shape index (κ2) is 14.4. The number of hydrogen-bond donors (Lipinski definition) is 3. The van der Waals surface area contributed by atoms with E-state index in [-0.39, 0.29) is 54.4 Å². The molecule has 45 heavy (non-hydrogen) atoms. The van der Waals surface area contributed by atoms with Crippen molar-refractivity contribution in [3.05, 3.63) is 125 Å². The number of fused-ring (bicyclic) bond motifs is 1. The summed E-state index contributed by atoms with van der Waals surface area (Å²) in [5.74, 6) is -3.28. The van der Waals surface area contributed by atoms with Crippen LogP contribution in [0.25, 0.3) is 11.0 Å². The maximum atomic E-state index is 15.0. The number of nitrogens with zero attached hydrogens (tertiary/aromatic N) is 2. The molecule has 3 aromatic carbocycles. The Morgan fingerprint density at radius 3 is 2.40 bits per heavy atom. The van der Waals surface area contributed by atoms with Crippen molar-refractivity contribution in [3.8, 4) is 0 Å². The number of H-pyrrole nitrogens is 1. The molecule has 0 saturated carbocycles. The van der Waals surface area contributed by atoms with E-state index in [1.54, 1.807) is 12.1 Å². The number of pyridine rings is 1. The molecule has 234 valence electrons. The first kappa shape index (κ1) is 31.8. The number of carbonyl (C=O) groups is 1. The maximum Gasteiger partial charge on any atom is 0.225 e. The molecule has 0 spiro atoms. The predicted octanol–water partition coefficient (Wildman–Crippen LogP) is 7.10. The molecule has 1 amide bonds. The molecule has 5 rings (SSSR count). The SMILES string of the molecule is CC[C@@H](CCc1c(F)cncc1NC(=O)C[C@H](c1ccccc1)c1ccc(F)cc1)OC[C@H](N)c1nc2cc(F)c(F)cc2[nH]1. The number of hydrogen-bond acceptors (Lipinski definition) is 5. The summed E-state index contributed by atoms with van der Waals surface area (Å²) in [7, 11) is 0. The van der Waals surface area contributed by atoms with E-state index in [2.05, 4.69) is 20.3 Å². The molecule has 7 nitrogen and oxygen atoms in total. The third-order valence-electron chi connectivity index (χ3n) is 7.72. The van der Waals surface area contributed by atoms with Gasteiger partial charge in [-0.3, -0.25) is 9.78 Å². The molecule has 2 aromatic heterocycles. The molecule has 0 bridgehead atoms. The first-order valence-corrected chi connectivity index (χ1v) is 14.7. The Hall–Kier alpha value is -4.61. The van der Waals surface area contributed by atoms with Crippen molar-refractivity contribution < 1.29 is 27.1 Å². The van der Waals surface area contributed by atoms with Crippen molar-refractivity contribution in [2.45, 2.75) is 50.7 Å². The summed E-state index contributed by atoms with van der Waals surface area (Å²) in [4.78, 5) is 24.4. The van der Waals surface area contributed by atoms with E-state index in [0.29, 0.717) is 29.7 Å². The molecular weight excluding hydrogens is 586 g/mol. The molecular formula is C34H33F4N5O2. The van der Waals surface area contributed by atoms with Crippen LogP contribution in [0, 0.1) is 23.3 Å². The number of halogens is 4. The highest BCUT2D eigenvalue weighted by atomic mass is 19.2. The Bertz CT molecular complexity index is 1710. The predicted molar refractivity (Wildman–Crippen MR) is 163 cm³/mol. The standard InChI is InChI=1S/C34H33F4N5O2/c1-2-23(45-19-29(39)34-42-30-15-26(36)27(37)16-31(30)43-34)12-13-24-28(38)17-40-18-32(24)41-33(44)14-25(20-6-4-3-5-7-20)21-8-10-22(35)11-9-21/h3-11,15-18,23,25,29H,2,12-14,19,39H2,1H3,(H,41,44)(H,42,43)/t23-,25+,29-/m0/s1. The number of rotatable bonds is 13. The van der Waals surface area contributed by atoms with Crippen LogP contribution in [0.15, 0.2) is 79.1 Å². The smallest absolute Gasteiger partial charge is 0.225 e. The Morgan fingerprint density at radius 2 is 1.67 bits per heavy atom. The van der Waals surface area contributed by atoms with Crippen molar-refractivity contribution in [1.82, 2.24) is 15.0 Å². The molecule has 0 unspecified atom stereocenters. The number of aromatic amines is 1. The highest BCUT2D eigenvalue weighted by Gasteiger charge is 2.21. The monoisotopic (exact) mass is 619 g/mol. The van der Waals surface area contributed by atoms with Crippen LogP contribution < -0.4 is 11.1 Å². The zero-order valence-corrected chi connectivity index (χ0v) is 24.6. The number of imidazole rings is 1. The van der Waals surface area contributed by atoms with Gasteiger partial charge in [0.15, 0.2) is 11.6 Å². The summed E-state index contributed by atoms with van der Waals surface area (Å²) in [6, 6.07) is 16.8. The van der Waals surface area contributed by atoms with Crippen LogP contribution in [0.3, 0.4) is 0 Å². The number of aromatic nitrogens is 3. The van der Waals surface area contributed by atoms with Crippen LogP contribution in [-0.4, -0.2) is 33.6 Å². The first-order chi connectivity index (χ1) is 21.7. The molecule has 0 saturated heterocycles. The fourth-order valence-corrected chi connectivity index (χ4v) is 5.25. The van der Waals surface area contributed by atoms with Gasteiger partial charge in [-0.2, -0.15) is 0 Å². The van der Waals surface area contributed by atoms with Crippen LogP contribution in [0.5, 0.6) is 0 Å². The summed E-state index contributed by atoms with van der Waals surface area (Å²) >= 11 is 0. The Kier molecular flexibility index (Phi) is 10.2. The van der Waals surface area contributed by atoms with Crippen molar-refractivity contribution >= 4 is 22.6 Å². The Labute approximate surface area is 257 Å². The van der Waals surface area contributed by atoms with Gasteiger partial charge in [-0.05, 0) is 42.5 Å². The minimum absolute atomic E-state index is 0.0469. The van der Waals surface area contributed by atoms with Gasteiger partial charge in [0.2, 0.25) is 5.91 Å². The number of carbonyl (C=O) groups excluding carboxylic acids is 1. The van der Waals surface area contributed by atoms with Crippen molar-refractivity contribution in [2.24, 2.45) is 5.73 Å². The van der Waals surface area contributed by atoms with Crippen LogP contribution in [-0.2, 0) is 16.0 Å². The number of nitrogens with two attached hydrogens (primary N) is 1. The summed E-state index contributed by atoms with van der Waals surface area (Å²) in [6.07, 6.45) is 3.54. The van der Waals surface area contributed by atoms with E-state index in [9.17, 15) is 18.0 Å². The fourth-order valence-electron chi connectivity index (χ4n) is 5.25. The van der Waals surface area contributed by atoms with E-state index >= 15 is 4.39 Å². The number of anilines is 1. The van der Waals surface area contributed by atoms with Crippen molar-refractivity contribution in [2.75, 3.05) is 11.9 Å². The summed E-state index contributed by atoms with van der Waals surface area (Å²) < 4.78 is 61.8. The maximum absolute atomic E-state index is 15.0. The largest absolute Gasteiger partial charge is 0.376 e. The third kappa shape index (κ3) is 7.92. The average molecular weight is 620 g/mol. The molecule has 11 heteroatoms. The molecule has 4 N–H and O–H groups in total. The van der Waals surface area contributed by atoms with Gasteiger partial charge in [-0.25, -0.2) is 22.5 Å². The Balaban J connectivity index is 1.22. The van der Waals surface area contributed by atoms with E-state index < -0.39 is 23.5 Å². The Morgan fingerprint density at radius 1 is 0.956 bits per heavy atom. The summed E-state index contributed by atoms with van der Waals surface area (Å²) in [6.45, 7) is 1.99. The lowest BCUT2D eigenvalue weighted by atomic mass is 9.88. The van der Waals surface area contributed by atoms with Gasteiger partial charge in [0, 0.05) is 30.0 Å².